The first-order valence-corrected chi connectivity index (χ1v) is 9.11. The molecule has 1 aliphatic heterocycles. The van der Waals surface area contributed by atoms with Crippen LogP contribution in [-0.2, 0) is 6.42 Å². The summed E-state index contributed by atoms with van der Waals surface area (Å²) < 4.78 is 0. The molecule has 2 aromatic rings. The molecular formula is C17H19NS2. The van der Waals surface area contributed by atoms with Crippen LogP contribution < -0.4 is 5.32 Å². The molecule has 0 aromatic heterocycles. The Labute approximate surface area is 129 Å². The fraction of sp³-hybridized carbons (Fsp3) is 0.294. The molecule has 1 N–H and O–H groups in total. The van der Waals surface area contributed by atoms with E-state index in [-0.39, 0.29) is 0 Å². The second-order valence-corrected chi connectivity index (χ2v) is 6.86. The van der Waals surface area contributed by atoms with Crippen LogP contribution in [0.15, 0.2) is 51.1 Å². The van der Waals surface area contributed by atoms with Gasteiger partial charge in [-0.25, -0.2) is 0 Å². The average Bonchev–Trinajstić information content (AvgIpc) is 2.50. The first kappa shape index (κ1) is 13.9. The molecule has 104 valence electrons. The standard InChI is InChI=1S/C17H19NS2/c1-3-4-7-12-10-11-15-16(17(12)19-2)18-13-8-5-6-9-14(13)20-15/h5-6,8-11,18H,3-4,7H2,1-2H3. The zero-order chi connectivity index (χ0) is 13.9. The Balaban J connectivity index is 2.00. The number of fused-ring (bicyclic) bond motifs is 2. The van der Waals surface area contributed by atoms with Gasteiger partial charge < -0.3 is 5.32 Å². The highest BCUT2D eigenvalue weighted by molar-refractivity contribution is 8.00. The maximum Gasteiger partial charge on any atom is 0.0667 e. The van der Waals surface area contributed by atoms with Crippen LogP contribution in [0.3, 0.4) is 0 Å². The third-order valence-corrected chi connectivity index (χ3v) is 5.58. The summed E-state index contributed by atoms with van der Waals surface area (Å²) in [6.45, 7) is 2.25. The molecule has 2 aromatic carbocycles. The van der Waals surface area contributed by atoms with E-state index in [4.69, 9.17) is 0 Å². The molecule has 1 aliphatic rings. The lowest BCUT2D eigenvalue weighted by Gasteiger charge is -2.24. The van der Waals surface area contributed by atoms with Crippen LogP contribution in [0, 0.1) is 0 Å². The van der Waals surface area contributed by atoms with Crippen molar-refractivity contribution >= 4 is 34.9 Å². The molecule has 0 bridgehead atoms. The third-order valence-electron chi connectivity index (χ3n) is 3.57. The van der Waals surface area contributed by atoms with Gasteiger partial charge in [0, 0.05) is 14.7 Å². The molecule has 0 amide bonds. The maximum absolute atomic E-state index is 3.64. The molecule has 3 rings (SSSR count). The highest BCUT2D eigenvalue weighted by Gasteiger charge is 2.19. The van der Waals surface area contributed by atoms with E-state index in [0.717, 1.165) is 0 Å². The predicted molar refractivity (Wildman–Crippen MR) is 90.7 cm³/mol. The Hall–Kier alpha value is -1.06. The highest BCUT2D eigenvalue weighted by atomic mass is 32.2. The Kier molecular flexibility index (Phi) is 4.27. The Morgan fingerprint density at radius 3 is 2.75 bits per heavy atom. The number of rotatable bonds is 4. The summed E-state index contributed by atoms with van der Waals surface area (Å²) in [5.74, 6) is 0. The van der Waals surface area contributed by atoms with Crippen molar-refractivity contribution in [1.82, 2.24) is 0 Å². The lowest BCUT2D eigenvalue weighted by Crippen LogP contribution is -2.03. The molecule has 0 radical (unpaired) electrons. The summed E-state index contributed by atoms with van der Waals surface area (Å²) >= 11 is 3.73. The average molecular weight is 301 g/mol. The largest absolute Gasteiger partial charge is 0.353 e. The molecule has 0 spiro atoms. The third kappa shape index (κ3) is 2.57. The van der Waals surface area contributed by atoms with Crippen LogP contribution in [0.4, 0.5) is 11.4 Å². The molecule has 0 saturated heterocycles. The van der Waals surface area contributed by atoms with Gasteiger partial charge >= 0.3 is 0 Å². The second-order valence-electron chi connectivity index (χ2n) is 4.96. The number of aryl methyl sites for hydroxylation is 1. The van der Waals surface area contributed by atoms with Gasteiger partial charge in [0.1, 0.15) is 0 Å². The van der Waals surface area contributed by atoms with Crippen LogP contribution in [0.5, 0.6) is 0 Å². The van der Waals surface area contributed by atoms with E-state index in [1.807, 2.05) is 23.5 Å². The van der Waals surface area contributed by atoms with Crippen LogP contribution in [0.25, 0.3) is 0 Å². The predicted octanol–water partition coefficient (Wildman–Crippen LogP) is 5.96. The minimum atomic E-state index is 1.17. The first-order chi connectivity index (χ1) is 9.83. The van der Waals surface area contributed by atoms with Gasteiger partial charge in [-0.1, -0.05) is 43.3 Å². The minimum absolute atomic E-state index is 1.17. The zero-order valence-corrected chi connectivity index (χ0v) is 13.5. The summed E-state index contributed by atoms with van der Waals surface area (Å²) in [4.78, 5) is 4.07. The molecule has 0 aliphatic carbocycles. The number of para-hydroxylation sites is 1. The van der Waals surface area contributed by atoms with Crippen LogP contribution >= 0.6 is 23.5 Å². The number of nitrogens with one attached hydrogen (secondary N) is 1. The number of hydrogen-bond donors (Lipinski definition) is 1. The SMILES string of the molecule is CCCCc1ccc2c(c1SC)Nc1ccccc1S2. The van der Waals surface area contributed by atoms with Gasteiger partial charge in [-0.3, -0.25) is 0 Å². The summed E-state index contributed by atoms with van der Waals surface area (Å²) in [5, 5.41) is 3.64. The molecule has 0 fully saturated rings. The smallest absolute Gasteiger partial charge is 0.0667 e. The van der Waals surface area contributed by atoms with Crippen molar-refractivity contribution in [2.24, 2.45) is 0 Å². The van der Waals surface area contributed by atoms with E-state index in [1.165, 1.54) is 50.9 Å². The van der Waals surface area contributed by atoms with Crippen LogP contribution in [-0.4, -0.2) is 6.26 Å². The molecular weight excluding hydrogens is 282 g/mol. The molecule has 0 saturated carbocycles. The van der Waals surface area contributed by atoms with Crippen molar-refractivity contribution in [3.05, 3.63) is 42.0 Å². The minimum Gasteiger partial charge on any atom is -0.353 e. The second kappa shape index (κ2) is 6.15. The van der Waals surface area contributed by atoms with E-state index in [0.29, 0.717) is 0 Å². The van der Waals surface area contributed by atoms with Crippen LogP contribution in [0.2, 0.25) is 0 Å². The van der Waals surface area contributed by atoms with Gasteiger partial charge in [0.25, 0.3) is 0 Å². The molecule has 0 atom stereocenters. The van der Waals surface area contributed by atoms with Crippen LogP contribution in [0.1, 0.15) is 25.3 Å². The maximum atomic E-state index is 3.64. The van der Waals surface area contributed by atoms with Gasteiger partial charge in [-0.2, -0.15) is 0 Å². The van der Waals surface area contributed by atoms with E-state index in [2.05, 4.69) is 54.9 Å². The van der Waals surface area contributed by atoms with E-state index >= 15 is 0 Å². The molecule has 1 heterocycles. The molecule has 3 heteroatoms. The summed E-state index contributed by atoms with van der Waals surface area (Å²) in [6.07, 6.45) is 5.86. The molecule has 0 unspecified atom stereocenters. The normalized spacial score (nSPS) is 12.5. The monoisotopic (exact) mass is 301 g/mol. The zero-order valence-electron chi connectivity index (χ0n) is 11.9. The molecule has 1 nitrogen and oxygen atoms in total. The first-order valence-electron chi connectivity index (χ1n) is 7.07. The fourth-order valence-electron chi connectivity index (χ4n) is 2.52. The van der Waals surface area contributed by atoms with Gasteiger partial charge in [0.2, 0.25) is 0 Å². The van der Waals surface area contributed by atoms with Crippen molar-refractivity contribution in [2.45, 2.75) is 40.9 Å². The number of hydrogen-bond acceptors (Lipinski definition) is 3. The lowest BCUT2D eigenvalue weighted by atomic mass is 10.1. The van der Waals surface area contributed by atoms with Gasteiger partial charge in [0.05, 0.1) is 11.4 Å². The van der Waals surface area contributed by atoms with Crippen molar-refractivity contribution in [1.29, 1.82) is 0 Å². The summed E-state index contributed by atoms with van der Waals surface area (Å²) in [7, 11) is 0. The lowest BCUT2D eigenvalue weighted by molar-refractivity contribution is 0.784. The fourth-order valence-corrected chi connectivity index (χ4v) is 4.39. The number of anilines is 2. The Morgan fingerprint density at radius 2 is 1.95 bits per heavy atom. The number of thioether (sulfide) groups is 1. The van der Waals surface area contributed by atoms with Crippen molar-refractivity contribution in [2.75, 3.05) is 11.6 Å². The number of unbranched alkanes of at least 4 members (excludes halogenated alkanes) is 1. The van der Waals surface area contributed by atoms with E-state index < -0.39 is 0 Å². The summed E-state index contributed by atoms with van der Waals surface area (Å²) in [5.41, 5.74) is 4.01. The van der Waals surface area contributed by atoms with Crippen molar-refractivity contribution < 1.29 is 0 Å². The highest BCUT2D eigenvalue weighted by Crippen LogP contribution is 2.48. The Bertz CT molecular complexity index is 622. The van der Waals surface area contributed by atoms with Gasteiger partial charge in [0.15, 0.2) is 0 Å². The quantitative estimate of drug-likeness (QED) is 0.597. The van der Waals surface area contributed by atoms with Crippen molar-refractivity contribution in [3.8, 4) is 0 Å². The van der Waals surface area contributed by atoms with E-state index in [1.54, 1.807) is 0 Å². The van der Waals surface area contributed by atoms with Gasteiger partial charge in [-0.15, -0.1) is 11.8 Å². The molecule has 20 heavy (non-hydrogen) atoms. The van der Waals surface area contributed by atoms with Crippen molar-refractivity contribution in [3.63, 3.8) is 0 Å². The topological polar surface area (TPSA) is 12.0 Å². The van der Waals surface area contributed by atoms with E-state index in [9.17, 15) is 0 Å². The summed E-state index contributed by atoms with van der Waals surface area (Å²) in [6, 6.07) is 13.1. The van der Waals surface area contributed by atoms with Gasteiger partial charge in [-0.05, 0) is 42.9 Å². The number of benzene rings is 2. The Morgan fingerprint density at radius 1 is 1.10 bits per heavy atom.